The summed E-state index contributed by atoms with van der Waals surface area (Å²) in [6.07, 6.45) is 2.64. The van der Waals surface area contributed by atoms with Gasteiger partial charge in [0.05, 0.1) is 0 Å². The Labute approximate surface area is 135 Å². The molecule has 0 radical (unpaired) electrons. The van der Waals surface area contributed by atoms with E-state index in [-0.39, 0.29) is 0 Å². The van der Waals surface area contributed by atoms with E-state index in [0.717, 1.165) is 17.1 Å². The molecule has 1 fully saturated rings. The van der Waals surface area contributed by atoms with Crippen LogP contribution in [0, 0.1) is 6.92 Å². The van der Waals surface area contributed by atoms with Gasteiger partial charge in [-0.1, -0.05) is 39.7 Å². The average Bonchev–Trinajstić information content (AvgIpc) is 3.30. The lowest BCUT2D eigenvalue weighted by atomic mass is 10.1. The number of nitrogens with zero attached hydrogens (tertiary/aromatic N) is 1. The molecular formula is C18H21BrN2. The van der Waals surface area contributed by atoms with Gasteiger partial charge in [-0.25, -0.2) is 0 Å². The highest BCUT2D eigenvalue weighted by Crippen LogP contribution is 2.31. The van der Waals surface area contributed by atoms with E-state index in [9.17, 15) is 0 Å². The Kier molecular flexibility index (Phi) is 4.32. The maximum absolute atomic E-state index is 3.61. The summed E-state index contributed by atoms with van der Waals surface area (Å²) < 4.78 is 1.12. The Balaban J connectivity index is 1.87. The van der Waals surface area contributed by atoms with E-state index in [1.165, 1.54) is 35.3 Å². The molecule has 0 unspecified atom stereocenters. The predicted molar refractivity (Wildman–Crippen MR) is 93.2 cm³/mol. The lowest BCUT2D eigenvalue weighted by Crippen LogP contribution is -2.19. The number of aryl methyl sites for hydroxylation is 1. The third-order valence-corrected chi connectivity index (χ3v) is 4.48. The largest absolute Gasteiger partial charge is 0.344 e. The smallest absolute Gasteiger partial charge is 0.0465 e. The van der Waals surface area contributed by atoms with Crippen LogP contribution in [-0.2, 0) is 6.54 Å². The zero-order valence-corrected chi connectivity index (χ0v) is 14.2. The molecule has 1 N–H and O–H groups in total. The van der Waals surface area contributed by atoms with Crippen LogP contribution in [0.25, 0.3) is 0 Å². The standard InChI is InChI=1S/C18H21BrN2/c1-13-3-9-17(10-4-13)21(2)18-11-15(19)6-5-14(18)12-20-16-7-8-16/h3-6,9-11,16,20H,7-8,12H2,1-2H3. The third-order valence-electron chi connectivity index (χ3n) is 3.99. The lowest BCUT2D eigenvalue weighted by Gasteiger charge is -2.23. The number of benzene rings is 2. The SMILES string of the molecule is Cc1ccc(N(C)c2cc(Br)ccc2CNC2CC2)cc1. The summed E-state index contributed by atoms with van der Waals surface area (Å²) in [6, 6.07) is 15.9. The number of halogens is 1. The van der Waals surface area contributed by atoms with Gasteiger partial charge in [0.2, 0.25) is 0 Å². The van der Waals surface area contributed by atoms with Gasteiger partial charge in [0.1, 0.15) is 0 Å². The van der Waals surface area contributed by atoms with Crippen LogP contribution in [0.1, 0.15) is 24.0 Å². The second-order valence-corrected chi connectivity index (χ2v) is 6.74. The molecule has 0 amide bonds. The van der Waals surface area contributed by atoms with Crippen molar-refractivity contribution in [3.63, 3.8) is 0 Å². The van der Waals surface area contributed by atoms with Crippen LogP contribution in [0.15, 0.2) is 46.9 Å². The minimum atomic E-state index is 0.728. The highest BCUT2D eigenvalue weighted by Gasteiger charge is 2.21. The Bertz CT molecular complexity index is 618. The summed E-state index contributed by atoms with van der Waals surface area (Å²) in [7, 11) is 2.13. The molecule has 0 aromatic heterocycles. The minimum absolute atomic E-state index is 0.728. The number of nitrogens with one attached hydrogen (secondary N) is 1. The lowest BCUT2D eigenvalue weighted by molar-refractivity contribution is 0.687. The molecule has 0 aliphatic heterocycles. The van der Waals surface area contributed by atoms with Gasteiger partial charge in [-0.15, -0.1) is 0 Å². The molecule has 0 saturated heterocycles. The van der Waals surface area contributed by atoms with Crippen molar-refractivity contribution in [1.29, 1.82) is 0 Å². The highest BCUT2D eigenvalue weighted by atomic mass is 79.9. The van der Waals surface area contributed by atoms with Gasteiger partial charge in [0, 0.05) is 35.5 Å². The molecule has 0 heterocycles. The van der Waals surface area contributed by atoms with Gasteiger partial charge >= 0.3 is 0 Å². The Hall–Kier alpha value is -1.32. The molecule has 2 aromatic rings. The molecule has 2 nitrogen and oxygen atoms in total. The maximum Gasteiger partial charge on any atom is 0.0465 e. The number of rotatable bonds is 5. The maximum atomic E-state index is 3.61. The summed E-state index contributed by atoms with van der Waals surface area (Å²) in [4.78, 5) is 2.26. The quantitative estimate of drug-likeness (QED) is 0.839. The predicted octanol–water partition coefficient (Wildman–Crippen LogP) is 4.78. The zero-order chi connectivity index (χ0) is 14.8. The average molecular weight is 345 g/mol. The topological polar surface area (TPSA) is 15.3 Å². The van der Waals surface area contributed by atoms with Crippen LogP contribution in [0.2, 0.25) is 0 Å². The van der Waals surface area contributed by atoms with Crippen molar-refractivity contribution < 1.29 is 0 Å². The molecule has 3 heteroatoms. The fourth-order valence-corrected chi connectivity index (χ4v) is 2.80. The minimum Gasteiger partial charge on any atom is -0.344 e. The van der Waals surface area contributed by atoms with E-state index < -0.39 is 0 Å². The van der Waals surface area contributed by atoms with E-state index in [0.29, 0.717) is 0 Å². The number of hydrogen-bond acceptors (Lipinski definition) is 2. The van der Waals surface area contributed by atoms with E-state index in [2.05, 4.69) is 82.6 Å². The summed E-state index contributed by atoms with van der Waals surface area (Å²) in [5.41, 5.74) is 5.10. The molecule has 0 spiro atoms. The molecule has 21 heavy (non-hydrogen) atoms. The highest BCUT2D eigenvalue weighted by molar-refractivity contribution is 9.10. The summed E-state index contributed by atoms with van der Waals surface area (Å²) in [5.74, 6) is 0. The van der Waals surface area contributed by atoms with E-state index in [1.54, 1.807) is 0 Å². The Morgan fingerprint density at radius 2 is 1.86 bits per heavy atom. The van der Waals surface area contributed by atoms with Crippen LogP contribution in [0.5, 0.6) is 0 Å². The molecule has 1 aliphatic rings. The molecule has 0 atom stereocenters. The van der Waals surface area contributed by atoms with Crippen molar-refractivity contribution in [2.75, 3.05) is 11.9 Å². The second-order valence-electron chi connectivity index (χ2n) is 5.82. The first-order valence-electron chi connectivity index (χ1n) is 7.46. The first-order chi connectivity index (χ1) is 10.1. The normalized spacial score (nSPS) is 14.2. The van der Waals surface area contributed by atoms with Gasteiger partial charge in [-0.05, 0) is 49.6 Å². The molecule has 110 valence electrons. The fraction of sp³-hybridized carbons (Fsp3) is 0.333. The van der Waals surface area contributed by atoms with Gasteiger partial charge in [0.15, 0.2) is 0 Å². The number of hydrogen-bond donors (Lipinski definition) is 1. The van der Waals surface area contributed by atoms with Crippen LogP contribution in [0.3, 0.4) is 0 Å². The van der Waals surface area contributed by atoms with Crippen LogP contribution in [0.4, 0.5) is 11.4 Å². The Morgan fingerprint density at radius 1 is 1.14 bits per heavy atom. The molecule has 1 saturated carbocycles. The van der Waals surface area contributed by atoms with Crippen molar-refractivity contribution in [3.8, 4) is 0 Å². The molecule has 2 aromatic carbocycles. The van der Waals surface area contributed by atoms with Gasteiger partial charge in [0.25, 0.3) is 0 Å². The van der Waals surface area contributed by atoms with Crippen LogP contribution < -0.4 is 10.2 Å². The van der Waals surface area contributed by atoms with Crippen molar-refractivity contribution in [2.45, 2.75) is 32.4 Å². The third kappa shape index (κ3) is 3.66. The molecule has 0 bridgehead atoms. The zero-order valence-electron chi connectivity index (χ0n) is 12.6. The van der Waals surface area contributed by atoms with Crippen molar-refractivity contribution in [2.24, 2.45) is 0 Å². The summed E-state index contributed by atoms with van der Waals surface area (Å²) >= 11 is 3.59. The van der Waals surface area contributed by atoms with Gasteiger partial charge in [-0.3, -0.25) is 0 Å². The van der Waals surface area contributed by atoms with Crippen LogP contribution in [-0.4, -0.2) is 13.1 Å². The van der Waals surface area contributed by atoms with E-state index >= 15 is 0 Å². The Morgan fingerprint density at radius 3 is 2.52 bits per heavy atom. The van der Waals surface area contributed by atoms with Crippen LogP contribution >= 0.6 is 15.9 Å². The summed E-state index contributed by atoms with van der Waals surface area (Å²) in [5, 5.41) is 3.61. The molecular weight excluding hydrogens is 324 g/mol. The first-order valence-corrected chi connectivity index (χ1v) is 8.25. The fourth-order valence-electron chi connectivity index (χ4n) is 2.45. The van der Waals surface area contributed by atoms with Gasteiger partial charge in [-0.2, -0.15) is 0 Å². The molecule has 3 rings (SSSR count). The summed E-state index contributed by atoms with van der Waals surface area (Å²) in [6.45, 7) is 3.05. The second kappa shape index (κ2) is 6.20. The van der Waals surface area contributed by atoms with E-state index in [1.807, 2.05) is 0 Å². The van der Waals surface area contributed by atoms with Gasteiger partial charge < -0.3 is 10.2 Å². The molecule has 1 aliphatic carbocycles. The van der Waals surface area contributed by atoms with E-state index in [4.69, 9.17) is 0 Å². The van der Waals surface area contributed by atoms with Crippen molar-refractivity contribution >= 4 is 27.3 Å². The van der Waals surface area contributed by atoms with Crippen molar-refractivity contribution in [3.05, 3.63) is 58.1 Å². The van der Waals surface area contributed by atoms with Crippen molar-refractivity contribution in [1.82, 2.24) is 5.32 Å². The first kappa shape index (κ1) is 14.6. The monoisotopic (exact) mass is 344 g/mol. The number of anilines is 2.